The fourth-order valence-electron chi connectivity index (χ4n) is 3.53. The number of likely N-dealkylation sites (tertiary alicyclic amines) is 1. The van der Waals surface area contributed by atoms with Gasteiger partial charge in [0, 0.05) is 31.0 Å². The van der Waals surface area contributed by atoms with Crippen molar-refractivity contribution in [3.63, 3.8) is 0 Å². The minimum atomic E-state index is -0.953. The number of carbonyl (C=O) groups is 1. The van der Waals surface area contributed by atoms with Crippen molar-refractivity contribution in [2.75, 3.05) is 13.1 Å². The van der Waals surface area contributed by atoms with E-state index in [2.05, 4.69) is 24.6 Å². The van der Waals surface area contributed by atoms with Gasteiger partial charge in [0.25, 0.3) is 0 Å². The van der Waals surface area contributed by atoms with Gasteiger partial charge in [-0.2, -0.15) is 4.98 Å². The van der Waals surface area contributed by atoms with Crippen LogP contribution in [0, 0.1) is 5.92 Å². The Morgan fingerprint density at radius 1 is 1.30 bits per heavy atom. The lowest BCUT2D eigenvalue weighted by atomic mass is 9.98. The molecule has 1 aromatic carbocycles. The summed E-state index contributed by atoms with van der Waals surface area (Å²) >= 11 is 0. The van der Waals surface area contributed by atoms with Crippen LogP contribution in [0.4, 0.5) is 0 Å². The molecule has 0 aliphatic carbocycles. The predicted molar refractivity (Wildman–Crippen MR) is 96.9 cm³/mol. The van der Waals surface area contributed by atoms with Crippen LogP contribution in [0.5, 0.6) is 0 Å². The van der Waals surface area contributed by atoms with Crippen LogP contribution in [0.1, 0.15) is 29.1 Å². The lowest BCUT2D eigenvalue weighted by Crippen LogP contribution is -2.36. The topological polar surface area (TPSA) is 97.3 Å². The second-order valence-electron chi connectivity index (χ2n) is 6.90. The zero-order valence-corrected chi connectivity index (χ0v) is 14.9. The Hall–Kier alpha value is -3.00. The van der Waals surface area contributed by atoms with Gasteiger partial charge in [-0.05, 0) is 37.4 Å². The largest absolute Gasteiger partial charge is 0.478 e. The maximum atomic E-state index is 10.9. The van der Waals surface area contributed by atoms with Crippen LogP contribution in [-0.2, 0) is 13.1 Å². The van der Waals surface area contributed by atoms with Crippen LogP contribution < -0.4 is 0 Å². The number of rotatable bonds is 6. The smallest absolute Gasteiger partial charge is 0.335 e. The van der Waals surface area contributed by atoms with E-state index in [1.807, 2.05) is 18.7 Å². The minimum absolute atomic E-state index is 0.236. The number of hydrogen-bond acceptors (Lipinski definition) is 6. The van der Waals surface area contributed by atoms with E-state index in [0.717, 1.165) is 31.6 Å². The SMILES string of the molecule is O=C(O)c1ccc(-c2noc(CN3CCC[C@H](Cn4ccnc4)C3)n2)cc1. The second kappa shape index (κ2) is 7.71. The molecule has 1 fully saturated rings. The fraction of sp³-hybridized carbons (Fsp3) is 0.368. The minimum Gasteiger partial charge on any atom is -0.478 e. The number of carboxylic acid groups (broad SMARTS) is 1. The van der Waals surface area contributed by atoms with Gasteiger partial charge in [0.05, 0.1) is 18.4 Å². The van der Waals surface area contributed by atoms with Crippen molar-refractivity contribution in [1.82, 2.24) is 24.6 Å². The van der Waals surface area contributed by atoms with Crippen LogP contribution >= 0.6 is 0 Å². The molecule has 0 spiro atoms. The highest BCUT2D eigenvalue weighted by atomic mass is 16.5. The molecule has 8 nitrogen and oxygen atoms in total. The third-order valence-corrected chi connectivity index (χ3v) is 4.85. The summed E-state index contributed by atoms with van der Waals surface area (Å²) in [5.74, 6) is 0.689. The first-order chi connectivity index (χ1) is 13.2. The molecule has 1 saturated heterocycles. The van der Waals surface area contributed by atoms with E-state index in [0.29, 0.717) is 24.2 Å². The standard InChI is InChI=1S/C19H21N5O3/c25-19(26)16-5-3-15(4-6-16)18-21-17(27-22-18)12-23-8-1-2-14(10-23)11-24-9-7-20-13-24/h3-7,9,13-14H,1-2,8,10-12H2,(H,25,26)/t14-/m0/s1. The van der Waals surface area contributed by atoms with Crippen LogP contribution in [0.25, 0.3) is 11.4 Å². The molecule has 4 rings (SSSR count). The number of aromatic carboxylic acids is 1. The highest BCUT2D eigenvalue weighted by Gasteiger charge is 2.22. The molecule has 0 radical (unpaired) electrons. The first-order valence-corrected chi connectivity index (χ1v) is 9.02. The third kappa shape index (κ3) is 4.22. The fourth-order valence-corrected chi connectivity index (χ4v) is 3.53. The number of imidazole rings is 1. The highest BCUT2D eigenvalue weighted by Crippen LogP contribution is 2.21. The van der Waals surface area contributed by atoms with E-state index >= 15 is 0 Å². The normalized spacial score (nSPS) is 17.9. The Labute approximate surface area is 156 Å². The molecule has 1 aliphatic heterocycles. The molecule has 1 atom stereocenters. The van der Waals surface area contributed by atoms with Gasteiger partial charge >= 0.3 is 5.97 Å². The summed E-state index contributed by atoms with van der Waals surface area (Å²) in [6.45, 7) is 3.61. The molecular weight excluding hydrogens is 346 g/mol. The average Bonchev–Trinajstić information content (AvgIpc) is 3.34. The van der Waals surface area contributed by atoms with Gasteiger partial charge in [0.2, 0.25) is 11.7 Å². The third-order valence-electron chi connectivity index (χ3n) is 4.85. The molecule has 27 heavy (non-hydrogen) atoms. The molecule has 2 aromatic heterocycles. The molecule has 3 aromatic rings. The van der Waals surface area contributed by atoms with Crippen molar-refractivity contribution in [2.24, 2.45) is 5.92 Å². The van der Waals surface area contributed by atoms with Gasteiger partial charge in [-0.15, -0.1) is 0 Å². The van der Waals surface area contributed by atoms with E-state index in [4.69, 9.17) is 9.63 Å². The van der Waals surface area contributed by atoms with Gasteiger partial charge < -0.3 is 14.2 Å². The number of benzene rings is 1. The van der Waals surface area contributed by atoms with Crippen LogP contribution in [0.15, 0.2) is 47.5 Å². The number of carboxylic acids is 1. The second-order valence-corrected chi connectivity index (χ2v) is 6.90. The van der Waals surface area contributed by atoms with Gasteiger partial charge in [0.1, 0.15) is 0 Å². The molecular formula is C19H21N5O3. The summed E-state index contributed by atoms with van der Waals surface area (Å²) in [4.78, 5) is 21.9. The Morgan fingerprint density at radius 3 is 2.89 bits per heavy atom. The summed E-state index contributed by atoms with van der Waals surface area (Å²) in [6, 6.07) is 6.47. The molecule has 0 bridgehead atoms. The Bertz CT molecular complexity index is 888. The molecule has 0 saturated carbocycles. The maximum absolute atomic E-state index is 10.9. The lowest BCUT2D eigenvalue weighted by molar-refractivity contribution is 0.0697. The molecule has 1 N–H and O–H groups in total. The van der Waals surface area contributed by atoms with Gasteiger partial charge in [-0.1, -0.05) is 17.3 Å². The first-order valence-electron chi connectivity index (χ1n) is 9.02. The Balaban J connectivity index is 1.37. The quantitative estimate of drug-likeness (QED) is 0.715. The lowest BCUT2D eigenvalue weighted by Gasteiger charge is -2.31. The predicted octanol–water partition coefficient (Wildman–Crippen LogP) is 2.54. The van der Waals surface area contributed by atoms with Crippen LogP contribution in [-0.4, -0.2) is 48.8 Å². The monoisotopic (exact) mass is 367 g/mol. The van der Waals surface area contributed by atoms with Crippen molar-refractivity contribution in [2.45, 2.75) is 25.9 Å². The van der Waals surface area contributed by atoms with Crippen molar-refractivity contribution in [3.8, 4) is 11.4 Å². The van der Waals surface area contributed by atoms with Gasteiger partial charge in [-0.25, -0.2) is 9.78 Å². The molecule has 0 unspecified atom stereocenters. The van der Waals surface area contributed by atoms with Crippen LogP contribution in [0.3, 0.4) is 0 Å². The summed E-state index contributed by atoms with van der Waals surface area (Å²) in [6.07, 6.45) is 8.03. The molecule has 1 aliphatic rings. The van der Waals surface area contributed by atoms with E-state index < -0.39 is 5.97 Å². The number of aromatic nitrogens is 4. The van der Waals surface area contributed by atoms with Gasteiger partial charge in [-0.3, -0.25) is 4.90 Å². The summed E-state index contributed by atoms with van der Waals surface area (Å²) in [5.41, 5.74) is 0.978. The Kier molecular flexibility index (Phi) is 4.97. The summed E-state index contributed by atoms with van der Waals surface area (Å²) < 4.78 is 7.53. The van der Waals surface area contributed by atoms with Gasteiger partial charge in [0.15, 0.2) is 0 Å². The molecule has 3 heterocycles. The van der Waals surface area contributed by atoms with Crippen molar-refractivity contribution >= 4 is 5.97 Å². The summed E-state index contributed by atoms with van der Waals surface area (Å²) in [7, 11) is 0. The van der Waals surface area contributed by atoms with Crippen molar-refractivity contribution in [3.05, 3.63) is 54.4 Å². The maximum Gasteiger partial charge on any atom is 0.335 e. The van der Waals surface area contributed by atoms with E-state index in [-0.39, 0.29) is 5.56 Å². The van der Waals surface area contributed by atoms with Crippen LogP contribution in [0.2, 0.25) is 0 Å². The van der Waals surface area contributed by atoms with E-state index in [1.54, 1.807) is 24.3 Å². The number of hydrogen-bond donors (Lipinski definition) is 1. The number of nitrogens with zero attached hydrogens (tertiary/aromatic N) is 5. The highest BCUT2D eigenvalue weighted by molar-refractivity contribution is 5.88. The molecule has 140 valence electrons. The zero-order chi connectivity index (χ0) is 18.6. The zero-order valence-electron chi connectivity index (χ0n) is 14.9. The van der Waals surface area contributed by atoms with Crippen molar-refractivity contribution < 1.29 is 14.4 Å². The number of piperidine rings is 1. The van der Waals surface area contributed by atoms with E-state index in [1.165, 1.54) is 6.42 Å². The Morgan fingerprint density at radius 2 is 2.15 bits per heavy atom. The van der Waals surface area contributed by atoms with E-state index in [9.17, 15) is 4.79 Å². The average molecular weight is 367 g/mol. The molecule has 0 amide bonds. The first kappa shape index (κ1) is 17.4. The van der Waals surface area contributed by atoms with Crippen molar-refractivity contribution in [1.29, 1.82) is 0 Å². The summed E-state index contributed by atoms with van der Waals surface area (Å²) in [5, 5.41) is 13.0. The molecule has 8 heteroatoms.